The smallest absolute Gasteiger partial charge is 0.247 e. The van der Waals surface area contributed by atoms with Gasteiger partial charge in [-0.3, -0.25) is 14.3 Å². The lowest BCUT2D eigenvalue weighted by Gasteiger charge is -2.37. The van der Waals surface area contributed by atoms with E-state index in [4.69, 9.17) is 0 Å². The van der Waals surface area contributed by atoms with Gasteiger partial charge in [-0.2, -0.15) is 5.10 Å². The molecule has 0 bridgehead atoms. The first kappa shape index (κ1) is 29.7. The van der Waals surface area contributed by atoms with Crippen molar-refractivity contribution in [1.82, 2.24) is 29.5 Å². The summed E-state index contributed by atoms with van der Waals surface area (Å²) in [4.78, 5) is 41.0. The molecule has 0 spiro atoms. The van der Waals surface area contributed by atoms with E-state index in [1.807, 2.05) is 85.6 Å². The molecule has 0 fully saturated rings. The summed E-state index contributed by atoms with van der Waals surface area (Å²) in [5.41, 5.74) is 7.02. The van der Waals surface area contributed by atoms with Gasteiger partial charge in [0.15, 0.2) is 5.82 Å². The minimum absolute atomic E-state index is 0.0537. The van der Waals surface area contributed by atoms with Crippen molar-refractivity contribution < 1.29 is 9.59 Å². The highest BCUT2D eigenvalue weighted by Gasteiger charge is 2.34. The highest BCUT2D eigenvalue weighted by Crippen LogP contribution is 2.24. The Morgan fingerprint density at radius 3 is 2.31 bits per heavy atom. The molecule has 45 heavy (non-hydrogen) atoms. The molecule has 3 aromatic carbocycles. The van der Waals surface area contributed by atoms with Crippen molar-refractivity contribution in [3.63, 3.8) is 0 Å². The second-order valence-corrected chi connectivity index (χ2v) is 11.4. The number of hydrogen-bond acceptors (Lipinski definition) is 5. The van der Waals surface area contributed by atoms with E-state index in [1.54, 1.807) is 46.4 Å². The molecule has 0 radical (unpaired) electrons. The molecule has 1 aliphatic heterocycles. The summed E-state index contributed by atoms with van der Waals surface area (Å²) >= 11 is 0. The number of carbonyl (C=O) groups is 2. The summed E-state index contributed by atoms with van der Waals surface area (Å²) in [6.07, 6.45) is 9.71. The molecular formula is C37H36N6O2. The summed E-state index contributed by atoms with van der Waals surface area (Å²) in [7, 11) is 1.87. The van der Waals surface area contributed by atoms with Gasteiger partial charge in [0.25, 0.3) is 0 Å². The highest BCUT2D eigenvalue weighted by molar-refractivity contribution is 5.96. The van der Waals surface area contributed by atoms with Crippen molar-refractivity contribution in [2.45, 2.75) is 38.9 Å². The van der Waals surface area contributed by atoms with Gasteiger partial charge < -0.3 is 9.80 Å². The zero-order chi connectivity index (χ0) is 31.2. The number of amides is 2. The number of benzene rings is 3. The SMILES string of the molecule is Cc1c(C=CC(=O)N(Cc2ccc(-c3ncccn3)cc2)[C@@H](Cc2ccccc2)C(=O)N2CCc3ccccc3C2)cnn1C. The topological polar surface area (TPSA) is 84.2 Å². The minimum Gasteiger partial charge on any atom is -0.336 e. The number of hydrogen-bond donors (Lipinski definition) is 0. The highest BCUT2D eigenvalue weighted by atomic mass is 16.2. The zero-order valence-electron chi connectivity index (χ0n) is 25.6. The Labute approximate surface area is 263 Å². The van der Waals surface area contributed by atoms with Crippen LogP contribution < -0.4 is 0 Å². The maximum absolute atomic E-state index is 14.5. The van der Waals surface area contributed by atoms with Crippen molar-refractivity contribution in [2.24, 2.45) is 7.05 Å². The van der Waals surface area contributed by atoms with Gasteiger partial charge >= 0.3 is 0 Å². The van der Waals surface area contributed by atoms with Crippen LogP contribution in [0.15, 0.2) is 110 Å². The van der Waals surface area contributed by atoms with Crippen LogP contribution in [0.1, 0.15) is 33.5 Å². The Morgan fingerprint density at radius 1 is 0.889 bits per heavy atom. The van der Waals surface area contributed by atoms with Gasteiger partial charge in [0.2, 0.25) is 11.8 Å². The predicted molar refractivity (Wildman–Crippen MR) is 174 cm³/mol. The summed E-state index contributed by atoms with van der Waals surface area (Å²) < 4.78 is 1.77. The Hall–Kier alpha value is -5.37. The molecule has 1 atom stereocenters. The monoisotopic (exact) mass is 596 g/mol. The first-order chi connectivity index (χ1) is 22.0. The van der Waals surface area contributed by atoms with Gasteiger partial charge in [-0.15, -0.1) is 0 Å². The van der Waals surface area contributed by atoms with E-state index in [1.165, 1.54) is 5.56 Å². The summed E-state index contributed by atoms with van der Waals surface area (Å²) in [5, 5.41) is 4.31. The zero-order valence-corrected chi connectivity index (χ0v) is 25.6. The van der Waals surface area contributed by atoms with Gasteiger partial charge in [-0.05, 0) is 47.7 Å². The normalized spacial score (nSPS) is 13.4. The van der Waals surface area contributed by atoms with E-state index in [-0.39, 0.29) is 18.4 Å². The average molecular weight is 597 g/mol. The Morgan fingerprint density at radius 2 is 1.60 bits per heavy atom. The second kappa shape index (κ2) is 13.5. The molecular weight excluding hydrogens is 560 g/mol. The summed E-state index contributed by atoms with van der Waals surface area (Å²) in [5.74, 6) is 0.344. The molecule has 0 saturated carbocycles. The number of rotatable bonds is 9. The van der Waals surface area contributed by atoms with E-state index < -0.39 is 6.04 Å². The van der Waals surface area contributed by atoms with E-state index in [0.29, 0.717) is 25.3 Å². The second-order valence-electron chi connectivity index (χ2n) is 11.4. The molecule has 3 heterocycles. The van der Waals surface area contributed by atoms with E-state index in [2.05, 4.69) is 27.2 Å². The molecule has 2 amide bonds. The van der Waals surface area contributed by atoms with Crippen LogP contribution in [0.4, 0.5) is 0 Å². The standard InChI is InChI=1S/C37H36N6O2/c1-27-32(24-40-41(27)2)17-18-35(44)43(25-29-13-15-31(16-14-29)36-38-20-8-21-39-36)34(23-28-9-4-3-5-10-28)37(45)42-22-19-30-11-6-7-12-33(30)26-42/h3-18,20-21,24,34H,19,22-23,25-26H2,1-2H3/t34-/m0/s1. The lowest BCUT2D eigenvalue weighted by molar-refractivity contribution is -0.144. The fourth-order valence-corrected chi connectivity index (χ4v) is 5.74. The van der Waals surface area contributed by atoms with E-state index in [9.17, 15) is 9.59 Å². The quantitative estimate of drug-likeness (QED) is 0.212. The molecule has 2 aromatic heterocycles. The fraction of sp³-hybridized carbons (Fsp3) is 0.216. The van der Waals surface area contributed by atoms with Crippen molar-refractivity contribution in [1.29, 1.82) is 0 Å². The molecule has 8 heteroatoms. The van der Waals surface area contributed by atoms with Crippen molar-refractivity contribution in [3.05, 3.63) is 143 Å². The minimum atomic E-state index is -0.707. The van der Waals surface area contributed by atoms with Crippen molar-refractivity contribution >= 4 is 17.9 Å². The molecule has 0 saturated heterocycles. The van der Waals surface area contributed by atoms with Gasteiger partial charge in [-0.25, -0.2) is 9.97 Å². The lowest BCUT2D eigenvalue weighted by atomic mass is 9.97. The van der Waals surface area contributed by atoms with Gasteiger partial charge in [0, 0.05) is 68.4 Å². The largest absolute Gasteiger partial charge is 0.336 e. The lowest BCUT2D eigenvalue weighted by Crippen LogP contribution is -2.52. The molecule has 0 unspecified atom stereocenters. The number of fused-ring (bicyclic) bond motifs is 1. The molecule has 0 N–H and O–H groups in total. The summed E-state index contributed by atoms with van der Waals surface area (Å²) in [6.45, 7) is 3.36. The molecule has 6 rings (SSSR count). The predicted octanol–water partition coefficient (Wildman–Crippen LogP) is 5.42. The van der Waals surface area contributed by atoms with Crippen LogP contribution in [0, 0.1) is 6.92 Å². The number of aromatic nitrogens is 4. The van der Waals surface area contributed by atoms with Crippen LogP contribution in [0.3, 0.4) is 0 Å². The molecule has 5 aromatic rings. The van der Waals surface area contributed by atoms with Crippen LogP contribution in [0.5, 0.6) is 0 Å². The third kappa shape index (κ3) is 6.91. The first-order valence-electron chi connectivity index (χ1n) is 15.2. The molecule has 0 aliphatic carbocycles. The fourth-order valence-electron chi connectivity index (χ4n) is 5.74. The summed E-state index contributed by atoms with van der Waals surface area (Å²) in [6, 6.07) is 27.1. The molecule has 1 aliphatic rings. The van der Waals surface area contributed by atoms with Gasteiger partial charge in [0.05, 0.1) is 6.20 Å². The maximum Gasteiger partial charge on any atom is 0.247 e. The van der Waals surface area contributed by atoms with Crippen LogP contribution >= 0.6 is 0 Å². The number of nitrogens with zero attached hydrogens (tertiary/aromatic N) is 6. The third-order valence-electron chi connectivity index (χ3n) is 8.47. The average Bonchev–Trinajstić information content (AvgIpc) is 3.41. The van der Waals surface area contributed by atoms with Crippen LogP contribution in [-0.4, -0.2) is 53.9 Å². The first-order valence-corrected chi connectivity index (χ1v) is 15.2. The van der Waals surface area contributed by atoms with Gasteiger partial charge in [-0.1, -0.05) is 78.9 Å². The van der Waals surface area contributed by atoms with E-state index in [0.717, 1.165) is 39.9 Å². The molecule has 226 valence electrons. The molecule has 8 nitrogen and oxygen atoms in total. The number of aryl methyl sites for hydroxylation is 1. The van der Waals surface area contributed by atoms with Crippen molar-refractivity contribution in [3.8, 4) is 11.4 Å². The third-order valence-corrected chi connectivity index (χ3v) is 8.47. The van der Waals surface area contributed by atoms with Crippen molar-refractivity contribution in [2.75, 3.05) is 6.54 Å². The Balaban J connectivity index is 1.35. The Kier molecular flexibility index (Phi) is 8.91. The van der Waals surface area contributed by atoms with Crippen LogP contribution in [-0.2, 0) is 42.6 Å². The Bertz CT molecular complexity index is 1800. The maximum atomic E-state index is 14.5. The van der Waals surface area contributed by atoms with E-state index >= 15 is 0 Å². The van der Waals surface area contributed by atoms with Gasteiger partial charge in [0.1, 0.15) is 6.04 Å². The van der Waals surface area contributed by atoms with Crippen LogP contribution in [0.2, 0.25) is 0 Å². The van der Waals surface area contributed by atoms with Crippen LogP contribution in [0.25, 0.3) is 17.5 Å². The number of carbonyl (C=O) groups excluding carboxylic acids is 2.